The lowest BCUT2D eigenvalue weighted by Crippen LogP contribution is -2.33. The van der Waals surface area contributed by atoms with Crippen molar-refractivity contribution in [3.8, 4) is 0 Å². The van der Waals surface area contributed by atoms with Crippen LogP contribution in [0.15, 0.2) is 18.2 Å². The molecule has 1 amide bonds. The van der Waals surface area contributed by atoms with E-state index in [1.807, 2.05) is 32.0 Å². The molecule has 0 radical (unpaired) electrons. The number of carboxylic acids is 1. The molecule has 2 unspecified atom stereocenters. The van der Waals surface area contributed by atoms with E-state index in [-0.39, 0.29) is 17.9 Å². The van der Waals surface area contributed by atoms with Gasteiger partial charge < -0.3 is 10.4 Å². The van der Waals surface area contributed by atoms with Gasteiger partial charge in [0.1, 0.15) is 0 Å². The van der Waals surface area contributed by atoms with Gasteiger partial charge in [0.2, 0.25) is 0 Å². The highest BCUT2D eigenvalue weighted by Gasteiger charge is 2.30. The molecule has 1 aromatic rings. The molecule has 0 bridgehead atoms. The summed E-state index contributed by atoms with van der Waals surface area (Å²) in [5.74, 6) is -1.18. The second-order valence-corrected chi connectivity index (χ2v) is 5.34. The molecular weight excluding hydrogens is 242 g/mol. The first kappa shape index (κ1) is 13.6. The third-order valence-electron chi connectivity index (χ3n) is 3.75. The summed E-state index contributed by atoms with van der Waals surface area (Å²) < 4.78 is 0. The van der Waals surface area contributed by atoms with Crippen LogP contribution in [0.1, 0.15) is 40.7 Å². The van der Waals surface area contributed by atoms with E-state index in [4.69, 9.17) is 5.11 Å². The average molecular weight is 261 g/mol. The molecule has 1 fully saturated rings. The highest BCUT2D eigenvalue weighted by Crippen LogP contribution is 2.26. The molecule has 2 rings (SSSR count). The zero-order chi connectivity index (χ0) is 14.0. The summed E-state index contributed by atoms with van der Waals surface area (Å²) in [5, 5.41) is 11.9. The maximum atomic E-state index is 12.2. The van der Waals surface area contributed by atoms with Crippen molar-refractivity contribution in [1.29, 1.82) is 0 Å². The molecule has 0 saturated heterocycles. The lowest BCUT2D eigenvalue weighted by molar-refractivity contribution is -0.141. The predicted octanol–water partition coefficient (Wildman–Crippen LogP) is 2.29. The molecule has 102 valence electrons. The van der Waals surface area contributed by atoms with Crippen LogP contribution in [0, 0.1) is 19.8 Å². The molecule has 0 aromatic heterocycles. The van der Waals surface area contributed by atoms with Gasteiger partial charge in [-0.25, -0.2) is 0 Å². The van der Waals surface area contributed by atoms with Crippen LogP contribution in [0.2, 0.25) is 0 Å². The Labute approximate surface area is 112 Å². The monoisotopic (exact) mass is 261 g/mol. The van der Waals surface area contributed by atoms with Crippen LogP contribution in [0.5, 0.6) is 0 Å². The molecule has 0 heterocycles. The van der Waals surface area contributed by atoms with E-state index >= 15 is 0 Å². The van der Waals surface area contributed by atoms with Crippen LogP contribution < -0.4 is 5.32 Å². The number of nitrogens with one attached hydrogen (secondary N) is 1. The Kier molecular flexibility index (Phi) is 3.88. The quantitative estimate of drug-likeness (QED) is 0.877. The highest BCUT2D eigenvalue weighted by atomic mass is 16.4. The van der Waals surface area contributed by atoms with Crippen molar-refractivity contribution < 1.29 is 14.7 Å². The smallest absolute Gasteiger partial charge is 0.306 e. The van der Waals surface area contributed by atoms with E-state index in [1.165, 1.54) is 0 Å². The number of carbonyl (C=O) groups is 2. The molecule has 1 aliphatic rings. The number of aliphatic carboxylic acids is 1. The summed E-state index contributed by atoms with van der Waals surface area (Å²) in [6, 6.07) is 5.75. The number of benzene rings is 1. The minimum Gasteiger partial charge on any atom is -0.481 e. The van der Waals surface area contributed by atoms with Gasteiger partial charge in [0.05, 0.1) is 5.92 Å². The molecule has 19 heavy (non-hydrogen) atoms. The Hall–Kier alpha value is -1.84. The zero-order valence-corrected chi connectivity index (χ0v) is 11.3. The molecular formula is C15H19NO3. The van der Waals surface area contributed by atoms with Crippen LogP contribution in [-0.4, -0.2) is 23.0 Å². The van der Waals surface area contributed by atoms with E-state index in [1.54, 1.807) is 0 Å². The number of amides is 1. The van der Waals surface area contributed by atoms with E-state index < -0.39 is 5.97 Å². The summed E-state index contributed by atoms with van der Waals surface area (Å²) >= 11 is 0. The Balaban J connectivity index is 2.02. The molecule has 1 aliphatic carbocycles. The second kappa shape index (κ2) is 5.43. The number of carbonyl (C=O) groups excluding carboxylic acids is 1. The van der Waals surface area contributed by atoms with Gasteiger partial charge in [0.25, 0.3) is 5.91 Å². The number of hydrogen-bond acceptors (Lipinski definition) is 2. The third-order valence-corrected chi connectivity index (χ3v) is 3.75. The first-order chi connectivity index (χ1) is 8.97. The fourth-order valence-corrected chi connectivity index (χ4v) is 2.58. The molecule has 1 aromatic carbocycles. The highest BCUT2D eigenvalue weighted by molar-refractivity contribution is 5.96. The van der Waals surface area contributed by atoms with Crippen molar-refractivity contribution in [3.63, 3.8) is 0 Å². The van der Waals surface area contributed by atoms with Gasteiger partial charge in [-0.15, -0.1) is 0 Å². The second-order valence-electron chi connectivity index (χ2n) is 5.34. The summed E-state index contributed by atoms with van der Waals surface area (Å²) in [5.41, 5.74) is 2.67. The molecule has 2 N–H and O–H groups in total. The lowest BCUT2D eigenvalue weighted by Gasteiger charge is -2.14. The molecule has 4 heteroatoms. The van der Waals surface area contributed by atoms with Crippen molar-refractivity contribution in [2.75, 3.05) is 0 Å². The Bertz CT molecular complexity index is 510. The SMILES string of the molecule is Cc1ccc(C)c(C(=O)NC2CCC(C(=O)O)C2)c1. The van der Waals surface area contributed by atoms with Gasteiger partial charge in [-0.05, 0) is 44.7 Å². The Morgan fingerprint density at radius 3 is 2.63 bits per heavy atom. The number of carboxylic acid groups (broad SMARTS) is 1. The van der Waals surface area contributed by atoms with Crippen molar-refractivity contribution in [2.24, 2.45) is 5.92 Å². The fraction of sp³-hybridized carbons (Fsp3) is 0.467. The van der Waals surface area contributed by atoms with Gasteiger partial charge in [0.15, 0.2) is 0 Å². The normalized spacial score (nSPS) is 22.2. The van der Waals surface area contributed by atoms with Gasteiger partial charge >= 0.3 is 5.97 Å². The topological polar surface area (TPSA) is 66.4 Å². The minimum atomic E-state index is -0.761. The van der Waals surface area contributed by atoms with E-state index in [2.05, 4.69) is 5.32 Å². The van der Waals surface area contributed by atoms with Gasteiger partial charge in [-0.3, -0.25) is 9.59 Å². The number of aryl methyl sites for hydroxylation is 2. The summed E-state index contributed by atoms with van der Waals surface area (Å²) in [6.45, 7) is 3.86. The molecule has 2 atom stereocenters. The first-order valence-corrected chi connectivity index (χ1v) is 6.58. The molecule has 1 saturated carbocycles. The number of rotatable bonds is 3. The van der Waals surface area contributed by atoms with Gasteiger partial charge in [0, 0.05) is 11.6 Å². The summed E-state index contributed by atoms with van der Waals surface area (Å²) in [4.78, 5) is 23.1. The maximum absolute atomic E-state index is 12.2. The summed E-state index contributed by atoms with van der Waals surface area (Å²) in [6.07, 6.45) is 1.92. The predicted molar refractivity (Wildman–Crippen MR) is 72.1 cm³/mol. The van der Waals surface area contributed by atoms with E-state index in [0.29, 0.717) is 18.4 Å². The van der Waals surface area contributed by atoms with Crippen LogP contribution in [0.4, 0.5) is 0 Å². The van der Waals surface area contributed by atoms with Gasteiger partial charge in [-0.2, -0.15) is 0 Å². The minimum absolute atomic E-state index is 0.0199. The maximum Gasteiger partial charge on any atom is 0.306 e. The van der Waals surface area contributed by atoms with Crippen molar-refractivity contribution in [1.82, 2.24) is 5.32 Å². The average Bonchev–Trinajstić information content (AvgIpc) is 2.80. The molecule has 4 nitrogen and oxygen atoms in total. The lowest BCUT2D eigenvalue weighted by atomic mass is 10.0. The molecule has 0 aliphatic heterocycles. The van der Waals surface area contributed by atoms with Gasteiger partial charge in [-0.1, -0.05) is 17.7 Å². The van der Waals surface area contributed by atoms with E-state index in [0.717, 1.165) is 17.5 Å². The molecule has 0 spiro atoms. The van der Waals surface area contributed by atoms with Crippen molar-refractivity contribution in [3.05, 3.63) is 34.9 Å². The van der Waals surface area contributed by atoms with E-state index in [9.17, 15) is 9.59 Å². The van der Waals surface area contributed by atoms with Crippen LogP contribution in [0.25, 0.3) is 0 Å². The largest absolute Gasteiger partial charge is 0.481 e. The van der Waals surface area contributed by atoms with Crippen LogP contribution in [0.3, 0.4) is 0 Å². The fourth-order valence-electron chi connectivity index (χ4n) is 2.58. The van der Waals surface area contributed by atoms with Crippen molar-refractivity contribution in [2.45, 2.75) is 39.2 Å². The van der Waals surface area contributed by atoms with Crippen LogP contribution in [-0.2, 0) is 4.79 Å². The number of hydrogen-bond donors (Lipinski definition) is 2. The first-order valence-electron chi connectivity index (χ1n) is 6.58. The standard InChI is InChI=1S/C15H19NO3/c1-9-3-4-10(2)13(7-9)14(17)16-12-6-5-11(8-12)15(18)19/h3-4,7,11-12H,5-6,8H2,1-2H3,(H,16,17)(H,18,19). The summed E-state index contributed by atoms with van der Waals surface area (Å²) in [7, 11) is 0. The van der Waals surface area contributed by atoms with Crippen molar-refractivity contribution >= 4 is 11.9 Å². The Morgan fingerprint density at radius 2 is 2.00 bits per heavy atom. The Morgan fingerprint density at radius 1 is 1.26 bits per heavy atom. The third kappa shape index (κ3) is 3.13. The zero-order valence-electron chi connectivity index (χ0n) is 11.3. The van der Waals surface area contributed by atoms with Crippen LogP contribution >= 0.6 is 0 Å².